The largest absolute Gasteiger partial charge is 0.459 e. The molecule has 2 rings (SSSR count). The summed E-state index contributed by atoms with van der Waals surface area (Å²) >= 11 is 0. The number of hydrogen-bond acceptors (Lipinski definition) is 3. The molecule has 0 aromatic heterocycles. The molecule has 0 radical (unpaired) electrons. The van der Waals surface area contributed by atoms with Crippen molar-refractivity contribution in [1.82, 2.24) is 0 Å². The van der Waals surface area contributed by atoms with Crippen LogP contribution in [0.2, 0.25) is 0 Å². The van der Waals surface area contributed by atoms with Gasteiger partial charge in [0, 0.05) is 18.8 Å². The van der Waals surface area contributed by atoms with E-state index in [9.17, 15) is 9.59 Å². The first kappa shape index (κ1) is 13.6. The molecular weight excluding hydrogens is 228 g/mol. The smallest absolute Gasteiger partial charge is 0.306 e. The van der Waals surface area contributed by atoms with Gasteiger partial charge in [-0.15, -0.1) is 0 Å². The van der Waals surface area contributed by atoms with Crippen LogP contribution in [0.1, 0.15) is 65.2 Å². The number of carbonyl (C=O) groups excluding carboxylic acids is 2. The first-order valence-electron chi connectivity index (χ1n) is 7.22. The Morgan fingerprint density at radius 2 is 2.06 bits per heavy atom. The summed E-state index contributed by atoms with van der Waals surface area (Å²) in [6, 6.07) is 0. The van der Waals surface area contributed by atoms with Crippen molar-refractivity contribution < 1.29 is 14.3 Å². The molecule has 0 unspecified atom stereocenters. The van der Waals surface area contributed by atoms with Gasteiger partial charge in [0.25, 0.3) is 0 Å². The number of rotatable bonds is 4. The monoisotopic (exact) mass is 252 g/mol. The van der Waals surface area contributed by atoms with Crippen LogP contribution in [0.25, 0.3) is 0 Å². The number of esters is 1. The molecule has 1 aliphatic heterocycles. The third-order valence-electron chi connectivity index (χ3n) is 4.68. The molecule has 18 heavy (non-hydrogen) atoms. The van der Waals surface area contributed by atoms with Gasteiger partial charge in [-0.2, -0.15) is 0 Å². The fourth-order valence-corrected chi connectivity index (χ4v) is 3.70. The molecule has 3 heteroatoms. The van der Waals surface area contributed by atoms with Gasteiger partial charge in [-0.25, -0.2) is 0 Å². The van der Waals surface area contributed by atoms with Gasteiger partial charge < -0.3 is 9.53 Å². The van der Waals surface area contributed by atoms with E-state index in [-0.39, 0.29) is 17.7 Å². The highest BCUT2D eigenvalue weighted by Crippen LogP contribution is 2.44. The van der Waals surface area contributed by atoms with Gasteiger partial charge in [0.2, 0.25) is 0 Å². The summed E-state index contributed by atoms with van der Waals surface area (Å²) in [5.74, 6) is 0.900. The SMILES string of the molecule is CC(=O)C[C@@H](C1CCCCC1)[C@]1(C)CCC(=O)O1. The third kappa shape index (κ3) is 2.93. The van der Waals surface area contributed by atoms with Crippen LogP contribution in [0.3, 0.4) is 0 Å². The Balaban J connectivity index is 2.13. The second-order valence-corrected chi connectivity index (χ2v) is 6.20. The molecule has 2 fully saturated rings. The van der Waals surface area contributed by atoms with Crippen molar-refractivity contribution in [1.29, 1.82) is 0 Å². The zero-order valence-electron chi connectivity index (χ0n) is 11.5. The molecule has 1 heterocycles. The van der Waals surface area contributed by atoms with Crippen LogP contribution in [0.5, 0.6) is 0 Å². The van der Waals surface area contributed by atoms with Crippen LogP contribution in [-0.4, -0.2) is 17.4 Å². The van der Waals surface area contributed by atoms with Crippen molar-refractivity contribution in [2.24, 2.45) is 11.8 Å². The Morgan fingerprint density at radius 3 is 2.56 bits per heavy atom. The highest BCUT2D eigenvalue weighted by atomic mass is 16.6. The van der Waals surface area contributed by atoms with Gasteiger partial charge in [0.1, 0.15) is 11.4 Å². The van der Waals surface area contributed by atoms with Gasteiger partial charge in [0.15, 0.2) is 0 Å². The molecule has 102 valence electrons. The van der Waals surface area contributed by atoms with E-state index in [1.54, 1.807) is 6.92 Å². The van der Waals surface area contributed by atoms with Crippen LogP contribution in [0, 0.1) is 11.8 Å². The molecule has 0 aromatic carbocycles. The zero-order chi connectivity index (χ0) is 13.2. The van der Waals surface area contributed by atoms with E-state index >= 15 is 0 Å². The Kier molecular flexibility index (Phi) is 4.08. The Morgan fingerprint density at radius 1 is 1.39 bits per heavy atom. The van der Waals surface area contributed by atoms with E-state index in [2.05, 4.69) is 0 Å². The number of Topliss-reactive ketones (excluding diaryl/α,β-unsaturated/α-hetero) is 1. The lowest BCUT2D eigenvalue weighted by Gasteiger charge is -2.39. The molecule has 1 aliphatic carbocycles. The Hall–Kier alpha value is -0.860. The predicted octanol–water partition coefficient (Wildman–Crippen LogP) is 3.26. The van der Waals surface area contributed by atoms with Gasteiger partial charge in [0.05, 0.1) is 0 Å². The fourth-order valence-electron chi connectivity index (χ4n) is 3.70. The highest BCUT2D eigenvalue weighted by molar-refractivity contribution is 5.76. The minimum absolute atomic E-state index is 0.0955. The van der Waals surface area contributed by atoms with Crippen LogP contribution in [0.15, 0.2) is 0 Å². The zero-order valence-corrected chi connectivity index (χ0v) is 11.5. The van der Waals surface area contributed by atoms with Crippen molar-refractivity contribution >= 4 is 11.8 Å². The number of carbonyl (C=O) groups is 2. The second-order valence-electron chi connectivity index (χ2n) is 6.20. The highest BCUT2D eigenvalue weighted by Gasteiger charge is 2.46. The quantitative estimate of drug-likeness (QED) is 0.721. The number of ether oxygens (including phenoxy) is 1. The van der Waals surface area contributed by atoms with E-state index in [0.717, 1.165) is 6.42 Å². The maximum Gasteiger partial charge on any atom is 0.306 e. The normalized spacial score (nSPS) is 31.1. The van der Waals surface area contributed by atoms with E-state index < -0.39 is 5.60 Å². The van der Waals surface area contributed by atoms with Crippen LogP contribution in [-0.2, 0) is 14.3 Å². The first-order valence-corrected chi connectivity index (χ1v) is 7.22. The van der Waals surface area contributed by atoms with Crippen molar-refractivity contribution in [3.05, 3.63) is 0 Å². The maximum absolute atomic E-state index is 11.5. The van der Waals surface area contributed by atoms with Crippen molar-refractivity contribution in [3.8, 4) is 0 Å². The lowest BCUT2D eigenvalue weighted by atomic mass is 9.69. The summed E-state index contributed by atoms with van der Waals surface area (Å²) in [4.78, 5) is 23.0. The summed E-state index contributed by atoms with van der Waals surface area (Å²) in [6.07, 6.45) is 8.04. The summed E-state index contributed by atoms with van der Waals surface area (Å²) in [5, 5.41) is 0. The number of ketones is 1. The number of cyclic esters (lactones) is 1. The lowest BCUT2D eigenvalue weighted by Crippen LogP contribution is -2.41. The average Bonchev–Trinajstić information content (AvgIpc) is 2.68. The fraction of sp³-hybridized carbons (Fsp3) is 0.867. The second kappa shape index (κ2) is 5.41. The predicted molar refractivity (Wildman–Crippen MR) is 69.1 cm³/mol. The molecule has 1 saturated carbocycles. The van der Waals surface area contributed by atoms with Gasteiger partial charge >= 0.3 is 5.97 Å². The minimum atomic E-state index is -0.398. The average molecular weight is 252 g/mol. The lowest BCUT2D eigenvalue weighted by molar-refractivity contribution is -0.155. The molecule has 1 saturated heterocycles. The topological polar surface area (TPSA) is 43.4 Å². The first-order chi connectivity index (χ1) is 8.51. The molecular formula is C15H24O3. The Bertz CT molecular complexity index is 331. The van der Waals surface area contributed by atoms with Crippen LogP contribution < -0.4 is 0 Å². The maximum atomic E-state index is 11.5. The minimum Gasteiger partial charge on any atom is -0.459 e. The molecule has 0 N–H and O–H groups in total. The summed E-state index contributed by atoms with van der Waals surface area (Å²) < 4.78 is 5.57. The molecule has 3 nitrogen and oxygen atoms in total. The molecule has 0 aromatic rings. The van der Waals surface area contributed by atoms with E-state index in [1.165, 1.54) is 32.1 Å². The standard InChI is InChI=1S/C15H24O3/c1-11(16)10-13(12-6-4-3-5-7-12)15(2)9-8-14(17)18-15/h12-13H,3-10H2,1-2H3/t13-,15-/m0/s1. The number of hydrogen-bond donors (Lipinski definition) is 0. The van der Waals surface area contributed by atoms with Gasteiger partial charge in [-0.05, 0) is 26.2 Å². The summed E-state index contributed by atoms with van der Waals surface area (Å²) in [6.45, 7) is 3.68. The van der Waals surface area contributed by atoms with Crippen molar-refractivity contribution in [3.63, 3.8) is 0 Å². The summed E-state index contributed by atoms with van der Waals surface area (Å²) in [5.41, 5.74) is -0.398. The van der Waals surface area contributed by atoms with Crippen molar-refractivity contribution in [2.75, 3.05) is 0 Å². The Labute approximate surface area is 109 Å². The van der Waals surface area contributed by atoms with Crippen LogP contribution in [0.4, 0.5) is 0 Å². The van der Waals surface area contributed by atoms with Crippen LogP contribution >= 0.6 is 0 Å². The van der Waals surface area contributed by atoms with Gasteiger partial charge in [-0.3, -0.25) is 4.79 Å². The van der Waals surface area contributed by atoms with Gasteiger partial charge in [-0.1, -0.05) is 32.1 Å². The van der Waals surface area contributed by atoms with E-state index in [0.29, 0.717) is 18.8 Å². The summed E-state index contributed by atoms with van der Waals surface area (Å²) in [7, 11) is 0. The third-order valence-corrected chi connectivity index (χ3v) is 4.68. The molecule has 0 amide bonds. The molecule has 2 aliphatic rings. The van der Waals surface area contributed by atoms with E-state index in [4.69, 9.17) is 4.74 Å². The molecule has 0 spiro atoms. The molecule has 0 bridgehead atoms. The van der Waals surface area contributed by atoms with E-state index in [1.807, 2.05) is 6.92 Å². The molecule has 2 atom stereocenters. The van der Waals surface area contributed by atoms with Crippen molar-refractivity contribution in [2.45, 2.75) is 70.8 Å².